The maximum atomic E-state index is 13.1. The van der Waals surface area contributed by atoms with Gasteiger partial charge in [-0.3, -0.25) is 14.5 Å². The normalized spacial score (nSPS) is 10.8. The van der Waals surface area contributed by atoms with Gasteiger partial charge in [0.1, 0.15) is 17.3 Å². The molecular weight excluding hydrogens is 325 g/mol. The zero-order valence-electron chi connectivity index (χ0n) is 14.6. The van der Waals surface area contributed by atoms with E-state index in [9.17, 15) is 14.0 Å². The number of amides is 2. The van der Waals surface area contributed by atoms with Crippen LogP contribution < -0.4 is 5.32 Å². The van der Waals surface area contributed by atoms with Crippen molar-refractivity contribution in [3.05, 3.63) is 53.7 Å². The zero-order chi connectivity index (χ0) is 18.4. The topological polar surface area (TPSA) is 65.8 Å². The molecule has 6 nitrogen and oxygen atoms in total. The average Bonchev–Trinajstić information content (AvgIpc) is 2.91. The summed E-state index contributed by atoms with van der Waals surface area (Å²) in [4.78, 5) is 27.3. The third-order valence-corrected chi connectivity index (χ3v) is 3.54. The van der Waals surface area contributed by atoms with Crippen molar-refractivity contribution in [1.82, 2.24) is 9.80 Å². The fraction of sp³-hybridized carbons (Fsp3) is 0.333. The van der Waals surface area contributed by atoms with Crippen LogP contribution in [-0.4, -0.2) is 48.8 Å². The van der Waals surface area contributed by atoms with Gasteiger partial charge in [0.25, 0.3) is 0 Å². The van der Waals surface area contributed by atoms with Gasteiger partial charge in [-0.05, 0) is 44.3 Å². The second kappa shape index (κ2) is 8.43. The smallest absolute Gasteiger partial charge is 0.238 e. The molecule has 1 aromatic carbocycles. The molecule has 2 amide bonds. The molecule has 0 aliphatic heterocycles. The Hall–Kier alpha value is -2.67. The molecule has 0 saturated carbocycles. The highest BCUT2D eigenvalue weighted by Gasteiger charge is 2.15. The van der Waals surface area contributed by atoms with Crippen molar-refractivity contribution in [2.45, 2.75) is 13.5 Å². The molecule has 2 rings (SSSR count). The van der Waals surface area contributed by atoms with Gasteiger partial charge in [0.05, 0.1) is 19.6 Å². The average molecular weight is 347 g/mol. The van der Waals surface area contributed by atoms with E-state index >= 15 is 0 Å². The third-order valence-electron chi connectivity index (χ3n) is 3.54. The van der Waals surface area contributed by atoms with Crippen molar-refractivity contribution in [3.63, 3.8) is 0 Å². The van der Waals surface area contributed by atoms with Crippen LogP contribution >= 0.6 is 0 Å². The van der Waals surface area contributed by atoms with E-state index in [-0.39, 0.29) is 24.9 Å². The van der Waals surface area contributed by atoms with Crippen LogP contribution in [0.5, 0.6) is 0 Å². The highest BCUT2D eigenvalue weighted by atomic mass is 19.1. The molecule has 1 aromatic heterocycles. The summed E-state index contributed by atoms with van der Waals surface area (Å²) >= 11 is 0. The van der Waals surface area contributed by atoms with E-state index in [4.69, 9.17) is 4.42 Å². The number of benzene rings is 1. The van der Waals surface area contributed by atoms with Crippen molar-refractivity contribution in [2.75, 3.05) is 32.5 Å². The number of furan rings is 1. The standard InChI is InChI=1S/C18H22FN3O3/c1-13-7-8-16(25-13)10-22(3)18(24)12-21(2)11-17(23)20-15-6-4-5-14(19)9-15/h4-9H,10-12H2,1-3H3,(H,20,23). The Kier molecular flexibility index (Phi) is 6.30. The number of anilines is 1. The lowest BCUT2D eigenvalue weighted by molar-refractivity contribution is -0.131. The van der Waals surface area contributed by atoms with Crippen LogP contribution in [0.25, 0.3) is 0 Å². The van der Waals surface area contributed by atoms with E-state index in [2.05, 4.69) is 5.32 Å². The van der Waals surface area contributed by atoms with E-state index in [1.807, 2.05) is 19.1 Å². The minimum atomic E-state index is -0.420. The molecule has 0 spiro atoms. The van der Waals surface area contributed by atoms with Crippen LogP contribution in [0.1, 0.15) is 11.5 Å². The maximum absolute atomic E-state index is 13.1. The number of hydrogen-bond acceptors (Lipinski definition) is 4. The van der Waals surface area contributed by atoms with Gasteiger partial charge in [-0.2, -0.15) is 0 Å². The lowest BCUT2D eigenvalue weighted by Gasteiger charge is -2.21. The molecule has 7 heteroatoms. The number of aryl methyl sites for hydroxylation is 1. The molecule has 0 atom stereocenters. The summed E-state index contributed by atoms with van der Waals surface area (Å²) in [6.45, 7) is 2.33. The molecule has 134 valence electrons. The summed E-state index contributed by atoms with van der Waals surface area (Å²) in [7, 11) is 3.36. The number of carbonyl (C=O) groups is 2. The van der Waals surface area contributed by atoms with Crippen molar-refractivity contribution >= 4 is 17.5 Å². The zero-order valence-corrected chi connectivity index (χ0v) is 14.6. The van der Waals surface area contributed by atoms with Gasteiger partial charge in [0.2, 0.25) is 11.8 Å². The van der Waals surface area contributed by atoms with E-state index in [1.54, 1.807) is 30.0 Å². The summed E-state index contributed by atoms with van der Waals surface area (Å²) in [6.07, 6.45) is 0. The quantitative estimate of drug-likeness (QED) is 0.834. The molecule has 25 heavy (non-hydrogen) atoms. The number of nitrogens with zero attached hydrogens (tertiary/aromatic N) is 2. The van der Waals surface area contributed by atoms with Crippen LogP contribution in [0.3, 0.4) is 0 Å². The molecule has 0 radical (unpaired) electrons. The summed E-state index contributed by atoms with van der Waals surface area (Å²) in [5, 5.41) is 2.60. The van der Waals surface area contributed by atoms with Gasteiger partial charge >= 0.3 is 0 Å². The highest BCUT2D eigenvalue weighted by Crippen LogP contribution is 2.10. The van der Waals surface area contributed by atoms with E-state index in [1.165, 1.54) is 18.2 Å². The number of halogens is 1. The van der Waals surface area contributed by atoms with Gasteiger partial charge in [0.15, 0.2) is 0 Å². The van der Waals surface area contributed by atoms with Crippen molar-refractivity contribution < 1.29 is 18.4 Å². The number of likely N-dealkylation sites (N-methyl/N-ethyl adjacent to an activating group) is 2. The Labute approximate surface area is 146 Å². The van der Waals surface area contributed by atoms with Gasteiger partial charge in [0, 0.05) is 12.7 Å². The van der Waals surface area contributed by atoms with E-state index in [0.29, 0.717) is 18.0 Å². The predicted molar refractivity (Wildman–Crippen MR) is 92.4 cm³/mol. The second-order valence-electron chi connectivity index (χ2n) is 5.99. The summed E-state index contributed by atoms with van der Waals surface area (Å²) in [5.74, 6) is 0.637. The summed E-state index contributed by atoms with van der Waals surface area (Å²) < 4.78 is 18.5. The van der Waals surface area contributed by atoms with Gasteiger partial charge in [-0.15, -0.1) is 0 Å². The third kappa shape index (κ3) is 6.04. The first kappa shape index (κ1) is 18.7. The molecule has 0 aliphatic carbocycles. The molecule has 0 unspecified atom stereocenters. The summed E-state index contributed by atoms with van der Waals surface area (Å²) in [5.41, 5.74) is 0.384. The monoisotopic (exact) mass is 347 g/mol. The fourth-order valence-corrected chi connectivity index (χ4v) is 2.31. The number of nitrogens with one attached hydrogen (secondary N) is 1. The number of carbonyl (C=O) groups excluding carboxylic acids is 2. The summed E-state index contributed by atoms with van der Waals surface area (Å²) in [6, 6.07) is 9.33. The van der Waals surface area contributed by atoms with E-state index < -0.39 is 5.82 Å². The van der Waals surface area contributed by atoms with Gasteiger partial charge in [-0.1, -0.05) is 6.07 Å². The van der Waals surface area contributed by atoms with Crippen LogP contribution in [-0.2, 0) is 16.1 Å². The molecule has 0 saturated heterocycles. The maximum Gasteiger partial charge on any atom is 0.238 e. The van der Waals surface area contributed by atoms with Crippen LogP contribution in [0.4, 0.5) is 10.1 Å². The molecular formula is C18H22FN3O3. The Morgan fingerprint density at radius 1 is 1.16 bits per heavy atom. The molecule has 0 bridgehead atoms. The van der Waals surface area contributed by atoms with Crippen LogP contribution in [0.2, 0.25) is 0 Å². The Morgan fingerprint density at radius 2 is 1.92 bits per heavy atom. The highest BCUT2D eigenvalue weighted by molar-refractivity contribution is 5.92. The largest absolute Gasteiger partial charge is 0.464 e. The van der Waals surface area contributed by atoms with Crippen LogP contribution in [0.15, 0.2) is 40.8 Å². The Balaban J connectivity index is 1.79. The lowest BCUT2D eigenvalue weighted by Crippen LogP contribution is -2.39. The molecule has 2 aromatic rings. The van der Waals surface area contributed by atoms with Crippen molar-refractivity contribution in [2.24, 2.45) is 0 Å². The van der Waals surface area contributed by atoms with Crippen LogP contribution in [0, 0.1) is 12.7 Å². The molecule has 1 heterocycles. The van der Waals surface area contributed by atoms with Crippen molar-refractivity contribution in [1.29, 1.82) is 0 Å². The Bertz CT molecular complexity index is 745. The first-order valence-electron chi connectivity index (χ1n) is 7.86. The second-order valence-corrected chi connectivity index (χ2v) is 5.99. The van der Waals surface area contributed by atoms with Crippen molar-refractivity contribution in [3.8, 4) is 0 Å². The molecule has 0 fully saturated rings. The SMILES string of the molecule is Cc1ccc(CN(C)C(=O)CN(C)CC(=O)Nc2cccc(F)c2)o1. The molecule has 1 N–H and O–H groups in total. The molecule has 0 aliphatic rings. The number of hydrogen-bond donors (Lipinski definition) is 1. The minimum Gasteiger partial charge on any atom is -0.464 e. The van der Waals surface area contributed by atoms with Gasteiger partial charge < -0.3 is 14.6 Å². The number of rotatable bonds is 7. The van der Waals surface area contributed by atoms with E-state index in [0.717, 1.165) is 5.76 Å². The fourth-order valence-electron chi connectivity index (χ4n) is 2.31. The van der Waals surface area contributed by atoms with Gasteiger partial charge in [-0.25, -0.2) is 4.39 Å². The first-order valence-corrected chi connectivity index (χ1v) is 7.86. The first-order chi connectivity index (χ1) is 11.8. The predicted octanol–water partition coefficient (Wildman–Crippen LogP) is 2.26. The lowest BCUT2D eigenvalue weighted by atomic mass is 10.3. The minimum absolute atomic E-state index is 0.0238. The Morgan fingerprint density at radius 3 is 2.56 bits per heavy atom.